The minimum atomic E-state index is -4.00. The summed E-state index contributed by atoms with van der Waals surface area (Å²) < 4.78 is 35.9. The van der Waals surface area contributed by atoms with Crippen molar-refractivity contribution in [2.24, 2.45) is 5.92 Å². The van der Waals surface area contributed by atoms with E-state index in [2.05, 4.69) is 5.32 Å². The van der Waals surface area contributed by atoms with E-state index >= 15 is 0 Å². The van der Waals surface area contributed by atoms with Gasteiger partial charge in [0.2, 0.25) is 0 Å². The average molecular weight is 265 g/mol. The van der Waals surface area contributed by atoms with Crippen LogP contribution in [0.15, 0.2) is 0 Å². The van der Waals surface area contributed by atoms with Crippen LogP contribution in [0.3, 0.4) is 0 Å². The molecule has 0 amide bonds. The van der Waals surface area contributed by atoms with Crippen molar-refractivity contribution in [3.8, 4) is 0 Å². The van der Waals surface area contributed by atoms with Gasteiger partial charge in [-0.05, 0) is 45.1 Å². The Kier molecular flexibility index (Phi) is 7.05. The molecule has 1 nitrogen and oxygen atoms in total. The second-order valence-electron chi connectivity index (χ2n) is 5.66. The fraction of sp³-hybridized carbons (Fsp3) is 1.00. The molecule has 4 heteroatoms. The minimum absolute atomic E-state index is 0.205. The van der Waals surface area contributed by atoms with Crippen LogP contribution < -0.4 is 5.32 Å². The van der Waals surface area contributed by atoms with Crippen LogP contribution in [0.2, 0.25) is 0 Å². The lowest BCUT2D eigenvalue weighted by molar-refractivity contribution is -0.135. The molecule has 1 saturated carbocycles. The van der Waals surface area contributed by atoms with Crippen molar-refractivity contribution < 1.29 is 13.2 Å². The van der Waals surface area contributed by atoms with Crippen LogP contribution in [0, 0.1) is 5.92 Å². The molecule has 0 aromatic rings. The number of nitrogens with one attached hydrogen (secondary N) is 1. The van der Waals surface area contributed by atoms with Crippen molar-refractivity contribution in [3.63, 3.8) is 0 Å². The van der Waals surface area contributed by atoms with Gasteiger partial charge >= 0.3 is 6.18 Å². The maximum Gasteiger partial charge on any atom is 0.389 e. The van der Waals surface area contributed by atoms with Crippen LogP contribution in [0.5, 0.6) is 0 Å². The van der Waals surface area contributed by atoms with E-state index in [1.54, 1.807) is 0 Å². The van der Waals surface area contributed by atoms with Gasteiger partial charge in [-0.2, -0.15) is 13.2 Å². The van der Waals surface area contributed by atoms with Crippen LogP contribution in [-0.4, -0.2) is 18.8 Å². The molecule has 0 bridgehead atoms. The molecule has 0 aromatic carbocycles. The molecule has 1 rings (SSSR count). The first-order valence-electron chi connectivity index (χ1n) is 7.27. The summed E-state index contributed by atoms with van der Waals surface area (Å²) in [6.45, 7) is 2.93. The predicted octanol–water partition coefficient (Wildman–Crippen LogP) is 4.67. The van der Waals surface area contributed by atoms with Crippen LogP contribution in [0.4, 0.5) is 13.2 Å². The Balaban J connectivity index is 1.91. The fourth-order valence-electron chi connectivity index (χ4n) is 2.75. The number of alkyl halides is 3. The van der Waals surface area contributed by atoms with Gasteiger partial charge in [0.15, 0.2) is 0 Å². The second kappa shape index (κ2) is 8.03. The standard InChI is InChI=1S/C14H26F3N/c1-12(6-4-10-14(15,16)17)18-11-5-9-13-7-2-3-8-13/h12-13,18H,2-11H2,1H3. The zero-order valence-corrected chi connectivity index (χ0v) is 11.4. The molecule has 0 saturated heterocycles. The molecule has 1 atom stereocenters. The molecule has 0 spiro atoms. The van der Waals surface area contributed by atoms with E-state index in [9.17, 15) is 13.2 Å². The third kappa shape index (κ3) is 7.96. The predicted molar refractivity (Wildman–Crippen MR) is 68.6 cm³/mol. The van der Waals surface area contributed by atoms with E-state index in [1.165, 1.54) is 32.1 Å². The second-order valence-corrected chi connectivity index (χ2v) is 5.66. The van der Waals surface area contributed by atoms with Gasteiger partial charge in [-0.25, -0.2) is 0 Å². The Morgan fingerprint density at radius 3 is 2.44 bits per heavy atom. The molecule has 1 fully saturated rings. The molecule has 18 heavy (non-hydrogen) atoms. The number of halogens is 3. The highest BCUT2D eigenvalue weighted by Crippen LogP contribution is 2.28. The van der Waals surface area contributed by atoms with Crippen LogP contribution >= 0.6 is 0 Å². The van der Waals surface area contributed by atoms with Crippen molar-refractivity contribution in [1.29, 1.82) is 0 Å². The summed E-state index contributed by atoms with van der Waals surface area (Å²) in [4.78, 5) is 0. The Bertz CT molecular complexity index is 210. The highest BCUT2D eigenvalue weighted by atomic mass is 19.4. The van der Waals surface area contributed by atoms with Crippen LogP contribution in [0.1, 0.15) is 64.7 Å². The Morgan fingerprint density at radius 2 is 1.83 bits per heavy atom. The largest absolute Gasteiger partial charge is 0.389 e. The topological polar surface area (TPSA) is 12.0 Å². The summed E-state index contributed by atoms with van der Waals surface area (Å²) in [6, 6.07) is 0.205. The van der Waals surface area contributed by atoms with Gasteiger partial charge in [0.25, 0.3) is 0 Å². The molecule has 108 valence electrons. The van der Waals surface area contributed by atoms with Crippen molar-refractivity contribution in [1.82, 2.24) is 5.32 Å². The Morgan fingerprint density at radius 1 is 1.17 bits per heavy atom. The van der Waals surface area contributed by atoms with E-state index in [4.69, 9.17) is 0 Å². The lowest BCUT2D eigenvalue weighted by Gasteiger charge is -2.15. The summed E-state index contributed by atoms with van der Waals surface area (Å²) in [5, 5.41) is 3.33. The summed E-state index contributed by atoms with van der Waals surface area (Å²) in [5.74, 6) is 0.910. The van der Waals surface area contributed by atoms with Gasteiger partial charge in [-0.1, -0.05) is 25.7 Å². The van der Waals surface area contributed by atoms with Gasteiger partial charge < -0.3 is 5.32 Å². The summed E-state index contributed by atoms with van der Waals surface area (Å²) in [7, 11) is 0. The van der Waals surface area contributed by atoms with Crippen LogP contribution in [-0.2, 0) is 0 Å². The third-order valence-electron chi connectivity index (χ3n) is 3.85. The number of rotatable bonds is 8. The summed E-state index contributed by atoms with van der Waals surface area (Å²) >= 11 is 0. The van der Waals surface area contributed by atoms with Crippen molar-refractivity contribution in [2.75, 3.05) is 6.54 Å². The van der Waals surface area contributed by atoms with Crippen molar-refractivity contribution in [2.45, 2.75) is 76.9 Å². The summed E-state index contributed by atoms with van der Waals surface area (Å²) in [6.07, 6.45) is 4.16. The zero-order chi connectivity index (χ0) is 13.4. The average Bonchev–Trinajstić information content (AvgIpc) is 2.75. The molecular weight excluding hydrogens is 239 g/mol. The van der Waals surface area contributed by atoms with Crippen LogP contribution in [0.25, 0.3) is 0 Å². The SMILES string of the molecule is CC(CCCC(F)(F)F)NCCCC1CCCC1. The quantitative estimate of drug-likeness (QED) is 0.629. The first kappa shape index (κ1) is 15.8. The highest BCUT2D eigenvalue weighted by molar-refractivity contribution is 4.68. The van der Waals surface area contributed by atoms with Crippen molar-refractivity contribution >= 4 is 0 Å². The molecule has 0 aliphatic heterocycles. The normalized spacial score (nSPS) is 19.3. The van der Waals surface area contributed by atoms with E-state index in [0.717, 1.165) is 18.9 Å². The molecule has 1 aliphatic rings. The highest BCUT2D eigenvalue weighted by Gasteiger charge is 2.26. The van der Waals surface area contributed by atoms with E-state index in [-0.39, 0.29) is 12.5 Å². The van der Waals surface area contributed by atoms with Gasteiger partial charge in [0, 0.05) is 12.5 Å². The first-order chi connectivity index (χ1) is 8.47. The number of hydrogen-bond donors (Lipinski definition) is 1. The van der Waals surface area contributed by atoms with E-state index in [1.807, 2.05) is 6.92 Å². The minimum Gasteiger partial charge on any atom is -0.314 e. The van der Waals surface area contributed by atoms with Gasteiger partial charge in [-0.15, -0.1) is 0 Å². The van der Waals surface area contributed by atoms with E-state index in [0.29, 0.717) is 6.42 Å². The molecule has 0 radical (unpaired) electrons. The molecule has 1 aliphatic carbocycles. The van der Waals surface area contributed by atoms with E-state index < -0.39 is 12.6 Å². The maximum absolute atomic E-state index is 12.0. The molecule has 0 heterocycles. The van der Waals surface area contributed by atoms with Gasteiger partial charge in [0.1, 0.15) is 0 Å². The number of hydrogen-bond acceptors (Lipinski definition) is 1. The Labute approximate surface area is 109 Å². The smallest absolute Gasteiger partial charge is 0.314 e. The Hall–Kier alpha value is -0.250. The van der Waals surface area contributed by atoms with Gasteiger partial charge in [-0.3, -0.25) is 0 Å². The maximum atomic E-state index is 12.0. The van der Waals surface area contributed by atoms with Gasteiger partial charge in [0.05, 0.1) is 0 Å². The molecule has 1 unspecified atom stereocenters. The lowest BCUT2D eigenvalue weighted by Crippen LogP contribution is -2.27. The monoisotopic (exact) mass is 265 g/mol. The molecule has 1 N–H and O–H groups in total. The molecular formula is C14H26F3N. The summed E-state index contributed by atoms with van der Waals surface area (Å²) in [5.41, 5.74) is 0. The first-order valence-corrected chi connectivity index (χ1v) is 7.27. The van der Waals surface area contributed by atoms with Crippen molar-refractivity contribution in [3.05, 3.63) is 0 Å². The fourth-order valence-corrected chi connectivity index (χ4v) is 2.75. The zero-order valence-electron chi connectivity index (χ0n) is 11.4. The third-order valence-corrected chi connectivity index (χ3v) is 3.85. The lowest BCUT2D eigenvalue weighted by atomic mass is 10.0. The molecule has 0 aromatic heterocycles.